The highest BCUT2D eigenvalue weighted by atomic mass is 32.1. The molecule has 18 heavy (non-hydrogen) atoms. The minimum atomic E-state index is -0.787. The van der Waals surface area contributed by atoms with Crippen molar-refractivity contribution in [3.8, 4) is 0 Å². The molecule has 0 spiro atoms. The number of carboxylic acids is 1. The Balaban J connectivity index is 2.12. The molecule has 1 N–H and O–H groups in total. The predicted molar refractivity (Wildman–Crippen MR) is 64.5 cm³/mol. The first kappa shape index (κ1) is 12.9. The van der Waals surface area contributed by atoms with Crippen LogP contribution in [-0.2, 0) is 22.6 Å². The van der Waals surface area contributed by atoms with Gasteiger partial charge in [0, 0.05) is 20.0 Å². The average Bonchev–Trinajstić information content (AvgIpc) is 2.79. The Bertz CT molecular complexity index is 550. The molecule has 7 nitrogen and oxygen atoms in total. The molecule has 0 aliphatic carbocycles. The second kappa shape index (κ2) is 5.40. The zero-order valence-corrected chi connectivity index (χ0v) is 11.0. The van der Waals surface area contributed by atoms with E-state index in [1.807, 2.05) is 6.92 Å². The molecule has 2 rings (SSSR count). The minimum absolute atomic E-state index is 0.0530. The number of aromatic nitrogens is 4. The molecular formula is C10H14N4O3S. The van der Waals surface area contributed by atoms with E-state index in [0.29, 0.717) is 23.8 Å². The molecule has 8 heteroatoms. The summed E-state index contributed by atoms with van der Waals surface area (Å²) in [5.41, 5.74) is 0. The van der Waals surface area contributed by atoms with Crippen LogP contribution >= 0.6 is 11.3 Å². The predicted octanol–water partition coefficient (Wildman–Crippen LogP) is 0.986. The summed E-state index contributed by atoms with van der Waals surface area (Å²) in [6, 6.07) is 0. The standard InChI is InChI=1S/C10H14N4O3S/c1-6(4-9(15)16)3-8-13-14-7(5-17-2)11-12-10(14)18-8/h6H,3-5H2,1-2H3,(H,15,16). The summed E-state index contributed by atoms with van der Waals surface area (Å²) < 4.78 is 6.65. The highest BCUT2D eigenvalue weighted by Crippen LogP contribution is 2.19. The number of methoxy groups -OCH3 is 1. The van der Waals surface area contributed by atoms with Gasteiger partial charge in [-0.15, -0.1) is 10.2 Å². The number of ether oxygens (including phenoxy) is 1. The van der Waals surface area contributed by atoms with Crippen molar-refractivity contribution in [3.63, 3.8) is 0 Å². The lowest BCUT2D eigenvalue weighted by Crippen LogP contribution is -2.07. The summed E-state index contributed by atoms with van der Waals surface area (Å²) in [4.78, 5) is 11.3. The van der Waals surface area contributed by atoms with Gasteiger partial charge in [-0.3, -0.25) is 4.79 Å². The molecule has 1 atom stereocenters. The molecule has 0 amide bonds. The number of rotatable bonds is 6. The van der Waals surface area contributed by atoms with Gasteiger partial charge in [-0.25, -0.2) is 0 Å². The van der Waals surface area contributed by atoms with Gasteiger partial charge in [-0.05, 0) is 5.92 Å². The Kier molecular flexibility index (Phi) is 3.87. The van der Waals surface area contributed by atoms with Crippen molar-refractivity contribution in [1.82, 2.24) is 19.8 Å². The number of aliphatic carboxylic acids is 1. The maximum Gasteiger partial charge on any atom is 0.303 e. The Morgan fingerprint density at radius 1 is 1.56 bits per heavy atom. The molecule has 1 unspecified atom stereocenters. The molecule has 0 aromatic carbocycles. The van der Waals surface area contributed by atoms with E-state index in [9.17, 15) is 4.79 Å². The normalized spacial score (nSPS) is 13.0. The van der Waals surface area contributed by atoms with Crippen molar-refractivity contribution in [2.45, 2.75) is 26.4 Å². The van der Waals surface area contributed by atoms with Crippen LogP contribution in [0.2, 0.25) is 0 Å². The second-order valence-corrected chi connectivity index (χ2v) is 5.19. The van der Waals surface area contributed by atoms with Gasteiger partial charge < -0.3 is 9.84 Å². The summed E-state index contributed by atoms with van der Waals surface area (Å²) in [5, 5.41) is 21.9. The summed E-state index contributed by atoms with van der Waals surface area (Å²) in [5.74, 6) is -0.0800. The van der Waals surface area contributed by atoms with Crippen molar-refractivity contribution in [3.05, 3.63) is 10.8 Å². The highest BCUT2D eigenvalue weighted by molar-refractivity contribution is 7.16. The second-order valence-electron chi connectivity index (χ2n) is 4.15. The van der Waals surface area contributed by atoms with Crippen LogP contribution in [0.5, 0.6) is 0 Å². The zero-order valence-electron chi connectivity index (χ0n) is 10.2. The van der Waals surface area contributed by atoms with E-state index in [1.165, 1.54) is 11.3 Å². The maximum atomic E-state index is 10.6. The van der Waals surface area contributed by atoms with Crippen LogP contribution in [0.15, 0.2) is 0 Å². The molecule has 0 saturated heterocycles. The fourth-order valence-electron chi connectivity index (χ4n) is 1.67. The van der Waals surface area contributed by atoms with Crippen LogP contribution in [0.1, 0.15) is 24.2 Å². The molecule has 2 aromatic rings. The first-order chi connectivity index (χ1) is 8.60. The van der Waals surface area contributed by atoms with E-state index in [1.54, 1.807) is 11.6 Å². The molecule has 98 valence electrons. The summed E-state index contributed by atoms with van der Waals surface area (Å²) in [6.45, 7) is 2.25. The maximum absolute atomic E-state index is 10.6. The molecule has 2 heterocycles. The molecular weight excluding hydrogens is 256 g/mol. The zero-order chi connectivity index (χ0) is 13.1. The third-order valence-electron chi connectivity index (χ3n) is 2.42. The molecule has 0 bridgehead atoms. The SMILES string of the molecule is COCc1nnc2sc(CC(C)CC(=O)O)nn12. The number of fused-ring (bicyclic) bond motifs is 1. The van der Waals surface area contributed by atoms with E-state index in [4.69, 9.17) is 9.84 Å². The number of carboxylic acid groups (broad SMARTS) is 1. The number of nitrogens with zero attached hydrogens (tertiary/aromatic N) is 4. The first-order valence-electron chi connectivity index (χ1n) is 5.51. The minimum Gasteiger partial charge on any atom is -0.481 e. The number of hydrogen-bond donors (Lipinski definition) is 1. The van der Waals surface area contributed by atoms with Gasteiger partial charge in [0.15, 0.2) is 5.82 Å². The molecule has 2 aromatic heterocycles. The van der Waals surface area contributed by atoms with Crippen LogP contribution in [0.3, 0.4) is 0 Å². The van der Waals surface area contributed by atoms with Crippen molar-refractivity contribution in [2.24, 2.45) is 5.92 Å². The van der Waals surface area contributed by atoms with Crippen molar-refractivity contribution in [2.75, 3.05) is 7.11 Å². The monoisotopic (exact) mass is 270 g/mol. The van der Waals surface area contributed by atoms with Gasteiger partial charge in [0.2, 0.25) is 4.96 Å². The van der Waals surface area contributed by atoms with E-state index in [-0.39, 0.29) is 12.3 Å². The fraction of sp³-hybridized carbons (Fsp3) is 0.600. The van der Waals surface area contributed by atoms with Gasteiger partial charge >= 0.3 is 5.97 Å². The average molecular weight is 270 g/mol. The van der Waals surface area contributed by atoms with Gasteiger partial charge in [-0.2, -0.15) is 9.61 Å². The molecule has 0 aliphatic rings. The Morgan fingerprint density at radius 2 is 2.33 bits per heavy atom. The Morgan fingerprint density at radius 3 is 3.00 bits per heavy atom. The molecule has 0 aliphatic heterocycles. The van der Waals surface area contributed by atoms with E-state index in [2.05, 4.69) is 15.3 Å². The smallest absolute Gasteiger partial charge is 0.303 e. The lowest BCUT2D eigenvalue weighted by molar-refractivity contribution is -0.137. The van der Waals surface area contributed by atoms with Crippen molar-refractivity contribution >= 4 is 22.3 Å². The largest absolute Gasteiger partial charge is 0.481 e. The lowest BCUT2D eigenvalue weighted by atomic mass is 10.1. The van der Waals surface area contributed by atoms with Gasteiger partial charge in [0.25, 0.3) is 0 Å². The van der Waals surface area contributed by atoms with Gasteiger partial charge in [0.1, 0.15) is 11.6 Å². The Hall–Kier alpha value is -1.54. The van der Waals surface area contributed by atoms with Crippen molar-refractivity contribution < 1.29 is 14.6 Å². The van der Waals surface area contributed by atoms with Gasteiger partial charge in [-0.1, -0.05) is 18.3 Å². The van der Waals surface area contributed by atoms with E-state index >= 15 is 0 Å². The van der Waals surface area contributed by atoms with Crippen LogP contribution in [0, 0.1) is 5.92 Å². The lowest BCUT2D eigenvalue weighted by Gasteiger charge is -2.04. The van der Waals surface area contributed by atoms with Crippen molar-refractivity contribution in [1.29, 1.82) is 0 Å². The van der Waals surface area contributed by atoms with E-state index < -0.39 is 5.97 Å². The number of hydrogen-bond acceptors (Lipinski definition) is 6. The molecule has 0 fully saturated rings. The first-order valence-corrected chi connectivity index (χ1v) is 6.32. The molecule has 0 radical (unpaired) electrons. The number of carbonyl (C=O) groups is 1. The van der Waals surface area contributed by atoms with Crippen LogP contribution < -0.4 is 0 Å². The summed E-state index contributed by atoms with van der Waals surface area (Å²) in [6.07, 6.45) is 0.776. The quantitative estimate of drug-likeness (QED) is 0.841. The van der Waals surface area contributed by atoms with E-state index in [0.717, 1.165) is 5.01 Å². The third kappa shape index (κ3) is 2.82. The topological polar surface area (TPSA) is 89.6 Å². The van der Waals surface area contributed by atoms with Crippen LogP contribution in [0.4, 0.5) is 0 Å². The summed E-state index contributed by atoms with van der Waals surface area (Å²) >= 11 is 1.43. The van der Waals surface area contributed by atoms with Crippen LogP contribution in [-0.4, -0.2) is 38.0 Å². The molecule has 0 saturated carbocycles. The Labute approximate surface area is 107 Å². The van der Waals surface area contributed by atoms with Gasteiger partial charge in [0.05, 0.1) is 0 Å². The fourth-order valence-corrected chi connectivity index (χ4v) is 2.68. The third-order valence-corrected chi connectivity index (χ3v) is 3.34. The summed E-state index contributed by atoms with van der Waals surface area (Å²) in [7, 11) is 1.59. The van der Waals surface area contributed by atoms with Crippen LogP contribution in [0.25, 0.3) is 4.96 Å². The highest BCUT2D eigenvalue weighted by Gasteiger charge is 2.15.